The standard InChI is InChI=1S/C33H35FN4O3.C22H22FN3.C19H20FN5O.C19H19FN4/c1-22-5-9-26(10-6-22)38-27(20-32(36-38)33(2,3)4)19-28(40)11-7-23-17-25(34)8-14-31(23)41-29-12-13-30-24(18-29)21-35-37(30)15-16-39;1-2-3-5-12-20-25-22(23)21(19-13-15-24-16-14-19)26(20)17-8-11-18-9-6-4-7-10-18;1-26-19-22-11-8-16(24-19)18-17(13-2-4-14(20)5-3-13)23-12-25(18)15-6-9-21-10-7-15;20-16-3-1-14(2-4-16)18-19(15-5-9-21-10-6-15)24(13-23-18)17-7-11-22-12-8-17/h5-6,8-10,12-14,17-18,20-21,39H,7,11,15-16,19H2,1-4H3;4,6-7,9-10,13-16H,2-3,8,11,17H2,1H3;2-5,8,11-12,15,21H,6-7,9-10H2,1H3;1-6,9-10,13,17,22H,7-8,11-12H2. The van der Waals surface area contributed by atoms with Crippen molar-refractivity contribution in [3.63, 3.8) is 0 Å². The highest BCUT2D eigenvalue weighted by atomic mass is 19.1. The second kappa shape index (κ2) is 39.7. The SMILES string of the molecule is CCCC#Cc1nc(F)c(-c2ccncc2)n1CCCc1ccccc1.COc1nccc(-c2c(-c3ccc(F)cc3)ncn2C2CCNCC2)n1.Cc1ccc(-n2nc(C(C)(C)C)cc2CC(=O)CCc2cc(F)ccc2Oc2ccc3c(cnn3CCO)c2)cc1.Fc1ccc(-c2ncn(C3CCNCC3)c2-c2ccncc2)cc1. The molecule has 0 spiro atoms. The van der Waals surface area contributed by atoms with Crippen molar-refractivity contribution in [1.29, 1.82) is 0 Å². The van der Waals surface area contributed by atoms with Crippen LogP contribution in [0.2, 0.25) is 0 Å². The van der Waals surface area contributed by atoms with E-state index in [0.717, 1.165) is 162 Å². The van der Waals surface area contributed by atoms with Crippen LogP contribution in [0.15, 0.2) is 226 Å². The van der Waals surface area contributed by atoms with E-state index < -0.39 is 5.95 Å². The molecule has 0 unspecified atom stereocenters. The molecule has 2 aliphatic rings. The number of unbranched alkanes of at least 4 members (excludes halogenated alkanes) is 1. The Balaban J connectivity index is 0.000000139. The number of nitrogens with one attached hydrogen (secondary N) is 2. The lowest BCUT2D eigenvalue weighted by atomic mass is 9.92. The number of aryl methyl sites for hydroxylation is 3. The van der Waals surface area contributed by atoms with Crippen molar-refractivity contribution in [1.82, 2.24) is 78.8 Å². The summed E-state index contributed by atoms with van der Waals surface area (Å²) in [5, 5.41) is 26.0. The highest BCUT2D eigenvalue weighted by molar-refractivity contribution is 5.82. The first-order valence-electron chi connectivity index (χ1n) is 39.7. The molecule has 0 aliphatic carbocycles. The number of aliphatic hydroxyl groups is 1. The van der Waals surface area contributed by atoms with Crippen LogP contribution >= 0.6 is 0 Å². The molecule has 20 nitrogen and oxygen atoms in total. The Morgan fingerprint density at radius 2 is 1.25 bits per heavy atom. The highest BCUT2D eigenvalue weighted by Gasteiger charge is 2.27. The van der Waals surface area contributed by atoms with Crippen LogP contribution in [0.3, 0.4) is 0 Å². The Hall–Kier alpha value is -12.6. The fourth-order valence-corrected chi connectivity index (χ4v) is 14.3. The van der Waals surface area contributed by atoms with Gasteiger partial charge in [0.2, 0.25) is 5.95 Å². The summed E-state index contributed by atoms with van der Waals surface area (Å²) in [6.07, 6.45) is 22.7. The van der Waals surface area contributed by atoms with E-state index >= 15 is 0 Å². The number of carbonyl (C=O) groups is 1. The van der Waals surface area contributed by atoms with E-state index in [4.69, 9.17) is 14.6 Å². The number of imidazole rings is 3. The summed E-state index contributed by atoms with van der Waals surface area (Å²) in [5.74, 6) is 6.37. The average molecular weight is 1580 g/mol. The third-order valence-electron chi connectivity index (χ3n) is 20.4. The molecule has 0 amide bonds. The number of fused-ring (bicyclic) bond motifs is 1. The van der Waals surface area contributed by atoms with Gasteiger partial charge in [-0.3, -0.25) is 19.4 Å². The number of hydrogen-bond acceptors (Lipinski definition) is 15. The second-order valence-corrected chi connectivity index (χ2v) is 29.8. The van der Waals surface area contributed by atoms with E-state index in [1.54, 1.807) is 91.4 Å². The predicted molar refractivity (Wildman–Crippen MR) is 448 cm³/mol. The lowest BCUT2D eigenvalue weighted by Gasteiger charge is -2.26. The normalized spacial score (nSPS) is 13.0. The van der Waals surface area contributed by atoms with E-state index in [9.17, 15) is 27.5 Å². The Bertz CT molecular complexity index is 5630. The van der Waals surface area contributed by atoms with Crippen LogP contribution in [0, 0.1) is 42.2 Å². The molecule has 0 radical (unpaired) electrons. The van der Waals surface area contributed by atoms with Crippen LogP contribution in [-0.4, -0.2) is 119 Å². The van der Waals surface area contributed by atoms with Gasteiger partial charge < -0.3 is 38.9 Å². The fraction of sp³-hybridized carbons (Fsp3) is 0.290. The number of pyridine rings is 2. The second-order valence-electron chi connectivity index (χ2n) is 29.8. The van der Waals surface area contributed by atoms with Crippen molar-refractivity contribution in [2.75, 3.05) is 39.9 Å². The van der Waals surface area contributed by atoms with Gasteiger partial charge in [-0.05, 0) is 235 Å². The number of carbonyl (C=O) groups excluding carboxylic acids is 1. The van der Waals surface area contributed by atoms with E-state index in [0.29, 0.717) is 66.2 Å². The molecule has 6 aromatic carbocycles. The molecule has 14 aromatic rings. The maximum absolute atomic E-state index is 14.6. The zero-order valence-corrected chi connectivity index (χ0v) is 66.7. The molecule has 2 saturated heterocycles. The van der Waals surface area contributed by atoms with Gasteiger partial charge in [0.15, 0.2) is 5.82 Å². The van der Waals surface area contributed by atoms with Crippen LogP contribution < -0.4 is 20.1 Å². The monoisotopic (exact) mass is 1580 g/mol. The summed E-state index contributed by atoms with van der Waals surface area (Å²) in [6, 6.07) is 53.8. The van der Waals surface area contributed by atoms with Crippen molar-refractivity contribution in [2.45, 2.75) is 136 Å². The van der Waals surface area contributed by atoms with Crippen LogP contribution in [0.5, 0.6) is 17.5 Å². The number of piperidine rings is 2. The molecule has 0 atom stereocenters. The number of Topliss-reactive ketones (excluding diaryl/α,β-unsaturated/α-hetero) is 1. The molecule has 10 heterocycles. The first kappa shape index (κ1) is 82.4. The number of ketones is 1. The number of halogens is 4. The first-order chi connectivity index (χ1) is 57.0. The van der Waals surface area contributed by atoms with Gasteiger partial charge in [-0.1, -0.05) is 81.6 Å². The van der Waals surface area contributed by atoms with Crippen LogP contribution in [0.1, 0.15) is 125 Å². The van der Waals surface area contributed by atoms with E-state index in [2.05, 4.69) is 111 Å². The minimum absolute atomic E-state index is 0.00125. The molecule has 3 N–H and O–H groups in total. The molecule has 2 fully saturated rings. The van der Waals surface area contributed by atoms with Gasteiger partial charge in [-0.2, -0.15) is 24.6 Å². The number of aromatic nitrogens is 14. The molecule has 0 saturated carbocycles. The van der Waals surface area contributed by atoms with E-state index in [-0.39, 0.29) is 48.1 Å². The van der Waals surface area contributed by atoms with Crippen molar-refractivity contribution in [3.05, 3.63) is 283 Å². The number of rotatable bonds is 23. The molecule has 24 heteroatoms. The number of nitrogens with zero attached hydrogens (tertiary/aromatic N) is 14. The number of aliphatic hydroxyl groups excluding tert-OH is 1. The minimum atomic E-state index is -0.475. The van der Waals surface area contributed by atoms with Crippen LogP contribution in [-0.2, 0) is 42.6 Å². The predicted octanol–water partition coefficient (Wildman–Crippen LogP) is 18.1. The summed E-state index contributed by atoms with van der Waals surface area (Å²) in [5.41, 5.74) is 14.9. The number of ether oxygens (including phenoxy) is 2. The molecule has 600 valence electrons. The number of benzene rings is 6. The highest BCUT2D eigenvalue weighted by Crippen LogP contribution is 2.38. The summed E-state index contributed by atoms with van der Waals surface area (Å²) in [7, 11) is 1.55. The van der Waals surface area contributed by atoms with Gasteiger partial charge >= 0.3 is 6.01 Å². The third-order valence-corrected chi connectivity index (χ3v) is 20.4. The molecule has 16 rings (SSSR count). The molecular formula is C93H96F4N16O4. The maximum atomic E-state index is 14.6. The minimum Gasteiger partial charge on any atom is -0.467 e. The number of hydrogen-bond donors (Lipinski definition) is 3. The summed E-state index contributed by atoms with van der Waals surface area (Å²) >= 11 is 0. The quantitative estimate of drug-likeness (QED) is 0.0400. The molecule has 117 heavy (non-hydrogen) atoms. The first-order valence-corrected chi connectivity index (χ1v) is 39.7. The van der Waals surface area contributed by atoms with Crippen molar-refractivity contribution >= 4 is 16.7 Å². The van der Waals surface area contributed by atoms with Gasteiger partial charge in [0, 0.05) is 102 Å². The van der Waals surface area contributed by atoms with Gasteiger partial charge in [-0.15, -0.1) is 0 Å². The van der Waals surface area contributed by atoms with E-state index in [1.165, 1.54) is 42.0 Å². The van der Waals surface area contributed by atoms with Crippen molar-refractivity contribution in [2.24, 2.45) is 0 Å². The lowest BCUT2D eigenvalue weighted by Crippen LogP contribution is -2.29. The lowest BCUT2D eigenvalue weighted by molar-refractivity contribution is -0.118. The van der Waals surface area contributed by atoms with Gasteiger partial charge in [-0.25, -0.2) is 32.8 Å². The Kier molecular flexibility index (Phi) is 27.9. The van der Waals surface area contributed by atoms with Gasteiger partial charge in [0.05, 0.1) is 90.2 Å². The summed E-state index contributed by atoms with van der Waals surface area (Å²) < 4.78 is 76.7. The molecular weight excluding hydrogens is 1480 g/mol. The smallest absolute Gasteiger partial charge is 0.316 e. The Labute approximate surface area is 679 Å². The summed E-state index contributed by atoms with van der Waals surface area (Å²) in [4.78, 5) is 43.4. The average Bonchev–Trinajstić information content (AvgIpc) is 1.65. The Morgan fingerprint density at radius 1 is 0.632 bits per heavy atom. The van der Waals surface area contributed by atoms with Gasteiger partial charge in [0.25, 0.3) is 0 Å². The zero-order chi connectivity index (χ0) is 81.6. The zero-order valence-electron chi connectivity index (χ0n) is 66.7. The molecule has 2 aliphatic heterocycles. The van der Waals surface area contributed by atoms with E-state index in [1.807, 2.05) is 114 Å². The topological polar surface area (TPSA) is 220 Å². The molecule has 8 aromatic heterocycles. The van der Waals surface area contributed by atoms with Crippen molar-refractivity contribution in [3.8, 4) is 91.5 Å². The van der Waals surface area contributed by atoms with Gasteiger partial charge in [0.1, 0.15) is 40.4 Å². The van der Waals surface area contributed by atoms with Crippen molar-refractivity contribution < 1.29 is 36.9 Å². The fourth-order valence-electron chi connectivity index (χ4n) is 14.3. The third kappa shape index (κ3) is 21.3. The molecule has 0 bridgehead atoms. The largest absolute Gasteiger partial charge is 0.467 e. The number of methoxy groups -OCH3 is 1. The maximum Gasteiger partial charge on any atom is 0.316 e. The summed E-state index contributed by atoms with van der Waals surface area (Å²) in [6.45, 7) is 15.5. The Morgan fingerprint density at radius 3 is 1.86 bits per heavy atom. The van der Waals surface area contributed by atoms with Crippen LogP contribution in [0.25, 0.3) is 73.0 Å². The van der Waals surface area contributed by atoms with Crippen LogP contribution in [0.4, 0.5) is 17.6 Å².